The summed E-state index contributed by atoms with van der Waals surface area (Å²) in [5, 5.41) is 0. The number of aromatic amines is 1. The molecule has 0 aromatic carbocycles. The number of fused-ring (bicyclic) bond motifs is 1. The van der Waals surface area contributed by atoms with E-state index in [1.165, 1.54) is 0 Å². The van der Waals surface area contributed by atoms with Gasteiger partial charge in [0.05, 0.1) is 6.10 Å². The second-order valence-corrected chi connectivity index (χ2v) is 3.54. The van der Waals surface area contributed by atoms with Crippen LogP contribution in [0.1, 0.15) is 12.2 Å². The predicted octanol–water partition coefficient (Wildman–Crippen LogP) is 1.29. The minimum atomic E-state index is 0.357. The minimum Gasteiger partial charge on any atom is -0.378 e. The van der Waals surface area contributed by atoms with Crippen molar-refractivity contribution in [2.24, 2.45) is 0 Å². The average Bonchev–Trinajstić information content (AvgIpc) is 2.53. The molecule has 14 heavy (non-hydrogen) atoms. The van der Waals surface area contributed by atoms with Crippen LogP contribution in [0.3, 0.4) is 0 Å². The maximum absolute atomic E-state index is 5.35. The Bertz CT molecular complexity index is 414. The third kappa shape index (κ3) is 1.28. The van der Waals surface area contributed by atoms with Gasteiger partial charge in [-0.3, -0.25) is 0 Å². The molecule has 0 unspecified atom stereocenters. The summed E-state index contributed by atoms with van der Waals surface area (Å²) in [6.07, 6.45) is 4.14. The van der Waals surface area contributed by atoms with Crippen molar-refractivity contribution in [2.45, 2.75) is 18.9 Å². The molecule has 4 heteroatoms. The van der Waals surface area contributed by atoms with Gasteiger partial charge in [-0.2, -0.15) is 0 Å². The molecule has 1 atom stereocenters. The zero-order valence-electron chi connectivity index (χ0n) is 7.73. The third-order valence-corrected chi connectivity index (χ3v) is 2.52. The first kappa shape index (κ1) is 7.94. The van der Waals surface area contributed by atoms with Crippen LogP contribution < -0.4 is 0 Å². The molecule has 1 N–H and O–H groups in total. The topological polar surface area (TPSA) is 50.8 Å². The van der Waals surface area contributed by atoms with Gasteiger partial charge in [-0.25, -0.2) is 9.97 Å². The molecule has 0 saturated carbocycles. The number of H-pyrrole nitrogens is 1. The summed E-state index contributed by atoms with van der Waals surface area (Å²) < 4.78 is 5.35. The van der Waals surface area contributed by atoms with E-state index in [0.717, 1.165) is 36.4 Å². The van der Waals surface area contributed by atoms with E-state index in [2.05, 4.69) is 15.0 Å². The molecule has 0 spiro atoms. The Labute approximate surface area is 81.3 Å². The van der Waals surface area contributed by atoms with E-state index in [9.17, 15) is 0 Å². The Hall–Kier alpha value is -1.42. The van der Waals surface area contributed by atoms with Crippen molar-refractivity contribution in [3.8, 4) is 0 Å². The lowest BCUT2D eigenvalue weighted by Crippen LogP contribution is -2.29. The first-order chi connectivity index (χ1) is 6.92. The lowest BCUT2D eigenvalue weighted by Gasteiger charge is -2.25. The highest BCUT2D eigenvalue weighted by molar-refractivity contribution is 5.69. The summed E-state index contributed by atoms with van der Waals surface area (Å²) >= 11 is 0. The molecule has 0 amide bonds. The smallest absolute Gasteiger partial charge is 0.157 e. The Kier molecular flexibility index (Phi) is 1.73. The monoisotopic (exact) mass is 189 g/mol. The summed E-state index contributed by atoms with van der Waals surface area (Å²) in [5.41, 5.74) is 1.80. The lowest BCUT2D eigenvalue weighted by molar-refractivity contribution is -0.0500. The molecule has 0 bridgehead atoms. The Morgan fingerprint density at radius 2 is 2.50 bits per heavy atom. The number of hydrogen-bond acceptors (Lipinski definition) is 3. The van der Waals surface area contributed by atoms with Gasteiger partial charge in [-0.1, -0.05) is 0 Å². The standard InChI is InChI=1S/C10H11N3O/c1-2-8-10(11-4-1)13-9(12-8)6-7-3-5-14-7/h1-2,4,7H,3,5-6H2,(H,11,12,13)/t7-/m1/s1. The van der Waals surface area contributed by atoms with Gasteiger partial charge >= 0.3 is 0 Å². The van der Waals surface area contributed by atoms with Crippen molar-refractivity contribution in [1.29, 1.82) is 0 Å². The van der Waals surface area contributed by atoms with E-state index >= 15 is 0 Å². The molecule has 3 heterocycles. The van der Waals surface area contributed by atoms with Crippen molar-refractivity contribution >= 4 is 11.2 Å². The lowest BCUT2D eigenvalue weighted by atomic mass is 10.1. The molecule has 0 radical (unpaired) electrons. The third-order valence-electron chi connectivity index (χ3n) is 2.52. The molecular weight excluding hydrogens is 178 g/mol. The van der Waals surface area contributed by atoms with Crippen LogP contribution in [-0.4, -0.2) is 27.7 Å². The van der Waals surface area contributed by atoms with Gasteiger partial charge < -0.3 is 9.72 Å². The summed E-state index contributed by atoms with van der Waals surface area (Å²) in [6, 6.07) is 3.86. The first-order valence-electron chi connectivity index (χ1n) is 4.83. The van der Waals surface area contributed by atoms with Gasteiger partial charge in [-0.15, -0.1) is 0 Å². The van der Waals surface area contributed by atoms with Gasteiger partial charge in [0.25, 0.3) is 0 Å². The zero-order valence-corrected chi connectivity index (χ0v) is 7.73. The summed E-state index contributed by atoms with van der Waals surface area (Å²) in [6.45, 7) is 0.892. The number of ether oxygens (including phenoxy) is 1. The molecule has 1 aliphatic heterocycles. The van der Waals surface area contributed by atoms with Gasteiger partial charge in [0.1, 0.15) is 11.3 Å². The second kappa shape index (κ2) is 3.06. The minimum absolute atomic E-state index is 0.357. The molecule has 1 fully saturated rings. The predicted molar refractivity (Wildman–Crippen MR) is 51.9 cm³/mol. The van der Waals surface area contributed by atoms with Crippen molar-refractivity contribution in [2.75, 3.05) is 6.61 Å². The maximum atomic E-state index is 5.35. The fraction of sp³-hybridized carbons (Fsp3) is 0.400. The highest BCUT2D eigenvalue weighted by Gasteiger charge is 2.19. The normalized spacial score (nSPS) is 21.0. The molecule has 72 valence electrons. The molecule has 2 aromatic heterocycles. The van der Waals surface area contributed by atoms with Crippen LogP contribution in [-0.2, 0) is 11.2 Å². The zero-order chi connectivity index (χ0) is 9.38. The molecule has 4 nitrogen and oxygen atoms in total. The fourth-order valence-electron chi connectivity index (χ4n) is 1.65. The summed E-state index contributed by atoms with van der Waals surface area (Å²) in [4.78, 5) is 11.8. The molecule has 3 rings (SSSR count). The van der Waals surface area contributed by atoms with Crippen LogP contribution in [0.5, 0.6) is 0 Å². The molecule has 1 aliphatic rings. The molecule has 0 aliphatic carbocycles. The van der Waals surface area contributed by atoms with E-state index in [4.69, 9.17) is 4.74 Å². The molecular formula is C10H11N3O. The van der Waals surface area contributed by atoms with Crippen molar-refractivity contribution in [3.63, 3.8) is 0 Å². The largest absolute Gasteiger partial charge is 0.378 e. The SMILES string of the molecule is c1cnc2[nH]c(C[C@H]3CCO3)nc2c1. The quantitative estimate of drug-likeness (QED) is 0.774. The number of hydrogen-bond donors (Lipinski definition) is 1. The van der Waals surface area contributed by atoms with E-state index in [1.807, 2.05) is 12.1 Å². The van der Waals surface area contributed by atoms with Crippen molar-refractivity contribution < 1.29 is 4.74 Å². The van der Waals surface area contributed by atoms with E-state index in [0.29, 0.717) is 6.10 Å². The van der Waals surface area contributed by atoms with Gasteiger partial charge in [0.2, 0.25) is 0 Å². The van der Waals surface area contributed by atoms with E-state index in [1.54, 1.807) is 6.20 Å². The fourth-order valence-corrected chi connectivity index (χ4v) is 1.65. The highest BCUT2D eigenvalue weighted by Crippen LogP contribution is 2.16. The van der Waals surface area contributed by atoms with Gasteiger partial charge in [-0.05, 0) is 18.6 Å². The van der Waals surface area contributed by atoms with Crippen molar-refractivity contribution in [1.82, 2.24) is 15.0 Å². The Morgan fingerprint density at radius 3 is 3.21 bits per heavy atom. The number of rotatable bonds is 2. The average molecular weight is 189 g/mol. The molecule has 1 saturated heterocycles. The van der Waals surface area contributed by atoms with Crippen molar-refractivity contribution in [3.05, 3.63) is 24.2 Å². The summed E-state index contributed by atoms with van der Waals surface area (Å²) in [7, 11) is 0. The van der Waals surface area contributed by atoms with E-state index in [-0.39, 0.29) is 0 Å². The highest BCUT2D eigenvalue weighted by atomic mass is 16.5. The maximum Gasteiger partial charge on any atom is 0.157 e. The van der Waals surface area contributed by atoms with Crippen LogP contribution >= 0.6 is 0 Å². The van der Waals surface area contributed by atoms with Crippen LogP contribution in [0.2, 0.25) is 0 Å². The van der Waals surface area contributed by atoms with Crippen LogP contribution in [0.25, 0.3) is 11.2 Å². The number of imidazole rings is 1. The number of pyridine rings is 1. The van der Waals surface area contributed by atoms with E-state index < -0.39 is 0 Å². The van der Waals surface area contributed by atoms with Crippen LogP contribution in [0.15, 0.2) is 18.3 Å². The van der Waals surface area contributed by atoms with Crippen LogP contribution in [0, 0.1) is 0 Å². The van der Waals surface area contributed by atoms with Crippen LogP contribution in [0.4, 0.5) is 0 Å². The van der Waals surface area contributed by atoms with Gasteiger partial charge in [0.15, 0.2) is 5.65 Å². The first-order valence-corrected chi connectivity index (χ1v) is 4.83. The number of nitrogens with one attached hydrogen (secondary N) is 1. The Morgan fingerprint density at radius 1 is 1.57 bits per heavy atom. The summed E-state index contributed by atoms with van der Waals surface area (Å²) in [5.74, 6) is 0.975. The van der Waals surface area contributed by atoms with Gasteiger partial charge in [0, 0.05) is 19.2 Å². The number of aromatic nitrogens is 3. The Balaban J connectivity index is 1.89. The molecule has 2 aromatic rings. The number of nitrogens with zero attached hydrogens (tertiary/aromatic N) is 2. The second-order valence-electron chi connectivity index (χ2n) is 3.54.